The van der Waals surface area contributed by atoms with Crippen LogP contribution in [0.4, 0.5) is 0 Å². The molecule has 0 aliphatic rings. The Labute approximate surface area is 101 Å². The fourth-order valence-electron chi connectivity index (χ4n) is 1.60. The van der Waals surface area contributed by atoms with Crippen molar-refractivity contribution in [3.05, 3.63) is 66.2 Å². The predicted molar refractivity (Wildman–Crippen MR) is 71.6 cm³/mol. The zero-order valence-corrected chi connectivity index (χ0v) is 9.69. The molecule has 0 saturated carbocycles. The molecule has 0 aliphatic carbocycles. The van der Waals surface area contributed by atoms with Crippen LogP contribution in [0.25, 0.3) is 17.2 Å². The monoisotopic (exact) mass is 228 g/mol. The van der Waals surface area contributed by atoms with E-state index in [2.05, 4.69) is 48.5 Å². The van der Waals surface area contributed by atoms with Gasteiger partial charge in [-0.3, -0.25) is 0 Å². The van der Waals surface area contributed by atoms with E-state index >= 15 is 0 Å². The normalized spacial score (nSPS) is 10.8. The third kappa shape index (κ3) is 2.74. The molecule has 2 rings (SSSR count). The Balaban J connectivity index is 2.23. The number of hydrogen-bond donors (Lipinski definition) is 0. The van der Waals surface area contributed by atoms with Crippen LogP contribution in [-0.4, -0.2) is 5.88 Å². The van der Waals surface area contributed by atoms with Crippen LogP contribution in [0.2, 0.25) is 0 Å². The lowest BCUT2D eigenvalue weighted by Gasteiger charge is -2.01. The van der Waals surface area contributed by atoms with E-state index in [0.717, 1.165) is 0 Å². The molecular weight excluding hydrogens is 216 g/mol. The summed E-state index contributed by atoms with van der Waals surface area (Å²) in [7, 11) is 0. The number of alkyl halides is 1. The Hall–Kier alpha value is -1.53. The summed E-state index contributed by atoms with van der Waals surface area (Å²) in [5.74, 6) is 0.556. The van der Waals surface area contributed by atoms with Gasteiger partial charge in [0, 0.05) is 5.88 Å². The molecule has 0 aliphatic heterocycles. The van der Waals surface area contributed by atoms with Gasteiger partial charge < -0.3 is 0 Å². The van der Waals surface area contributed by atoms with Crippen LogP contribution in [0.1, 0.15) is 5.56 Å². The smallest absolute Gasteiger partial charge is 0.0407 e. The molecule has 16 heavy (non-hydrogen) atoms. The maximum Gasteiger partial charge on any atom is 0.0407 e. The maximum absolute atomic E-state index is 5.59. The van der Waals surface area contributed by atoms with Gasteiger partial charge in [-0.25, -0.2) is 0 Å². The first-order valence-corrected chi connectivity index (χ1v) is 5.81. The van der Waals surface area contributed by atoms with Crippen LogP contribution in [0.5, 0.6) is 0 Å². The van der Waals surface area contributed by atoms with E-state index in [1.165, 1.54) is 16.7 Å². The number of rotatable bonds is 3. The van der Waals surface area contributed by atoms with E-state index in [-0.39, 0.29) is 0 Å². The number of allylic oxidation sites excluding steroid dienone is 1. The van der Waals surface area contributed by atoms with Gasteiger partial charge >= 0.3 is 0 Å². The Bertz CT molecular complexity index is 455. The van der Waals surface area contributed by atoms with Crippen molar-refractivity contribution in [3.8, 4) is 11.1 Å². The molecule has 0 atom stereocenters. The highest BCUT2D eigenvalue weighted by Crippen LogP contribution is 2.19. The third-order valence-corrected chi connectivity index (χ3v) is 2.60. The maximum atomic E-state index is 5.59. The molecule has 0 nitrogen and oxygen atoms in total. The number of hydrogen-bond acceptors (Lipinski definition) is 0. The molecule has 0 heterocycles. The van der Waals surface area contributed by atoms with Crippen molar-refractivity contribution < 1.29 is 0 Å². The highest BCUT2D eigenvalue weighted by atomic mass is 35.5. The van der Waals surface area contributed by atoms with Crippen molar-refractivity contribution in [2.24, 2.45) is 0 Å². The molecular formula is C15H13Cl. The topological polar surface area (TPSA) is 0 Å². The second kappa shape index (κ2) is 5.53. The zero-order chi connectivity index (χ0) is 11.2. The molecule has 0 saturated heterocycles. The van der Waals surface area contributed by atoms with Gasteiger partial charge in [0.15, 0.2) is 0 Å². The quantitative estimate of drug-likeness (QED) is 0.674. The van der Waals surface area contributed by atoms with Crippen molar-refractivity contribution >= 4 is 17.7 Å². The van der Waals surface area contributed by atoms with E-state index in [1.54, 1.807) is 0 Å². The fraction of sp³-hybridized carbons (Fsp3) is 0.0667. The minimum Gasteiger partial charge on any atom is -0.122 e. The standard InChI is InChI=1S/C15H13Cl/c16-12-4-5-13-8-10-15(11-9-13)14-6-2-1-3-7-14/h1-11H,12H2/b5-4+. The zero-order valence-electron chi connectivity index (χ0n) is 8.94. The van der Waals surface area contributed by atoms with Gasteiger partial charge in [-0.1, -0.05) is 66.7 Å². The van der Waals surface area contributed by atoms with E-state index < -0.39 is 0 Å². The molecule has 0 radical (unpaired) electrons. The molecule has 80 valence electrons. The first-order chi connectivity index (χ1) is 7.90. The number of halogens is 1. The van der Waals surface area contributed by atoms with Crippen LogP contribution in [0, 0.1) is 0 Å². The lowest BCUT2D eigenvalue weighted by atomic mass is 10.0. The summed E-state index contributed by atoms with van der Waals surface area (Å²) in [6.07, 6.45) is 3.97. The van der Waals surface area contributed by atoms with Crippen LogP contribution >= 0.6 is 11.6 Å². The minimum absolute atomic E-state index is 0.556. The first-order valence-electron chi connectivity index (χ1n) is 5.28. The molecule has 0 aromatic heterocycles. The number of benzene rings is 2. The predicted octanol–water partition coefficient (Wildman–Crippen LogP) is 4.61. The summed E-state index contributed by atoms with van der Waals surface area (Å²) in [6, 6.07) is 18.8. The van der Waals surface area contributed by atoms with Crippen LogP contribution < -0.4 is 0 Å². The SMILES string of the molecule is ClC/C=C/c1ccc(-c2ccccc2)cc1. The van der Waals surface area contributed by atoms with Crippen LogP contribution in [-0.2, 0) is 0 Å². The van der Waals surface area contributed by atoms with Gasteiger partial charge in [0.1, 0.15) is 0 Å². The first kappa shape index (κ1) is 11.0. The Morgan fingerprint density at radius 2 is 1.44 bits per heavy atom. The molecule has 2 aromatic rings. The van der Waals surface area contributed by atoms with Crippen molar-refractivity contribution in [2.45, 2.75) is 0 Å². The minimum atomic E-state index is 0.556. The lowest BCUT2D eigenvalue weighted by Crippen LogP contribution is -1.77. The van der Waals surface area contributed by atoms with Crippen molar-refractivity contribution in [1.29, 1.82) is 0 Å². The highest BCUT2D eigenvalue weighted by molar-refractivity contribution is 6.19. The van der Waals surface area contributed by atoms with Crippen molar-refractivity contribution in [1.82, 2.24) is 0 Å². The molecule has 0 spiro atoms. The molecule has 0 amide bonds. The molecule has 0 N–H and O–H groups in total. The molecule has 0 bridgehead atoms. The second-order valence-electron chi connectivity index (χ2n) is 3.54. The van der Waals surface area contributed by atoms with Gasteiger partial charge in [-0.05, 0) is 16.7 Å². The van der Waals surface area contributed by atoms with Crippen molar-refractivity contribution in [2.75, 3.05) is 5.88 Å². The molecule has 1 heteroatoms. The molecule has 0 fully saturated rings. The Morgan fingerprint density at radius 3 is 2.06 bits per heavy atom. The Morgan fingerprint density at radius 1 is 0.812 bits per heavy atom. The van der Waals surface area contributed by atoms with Crippen LogP contribution in [0.3, 0.4) is 0 Å². The fourth-order valence-corrected chi connectivity index (χ4v) is 1.69. The molecule has 2 aromatic carbocycles. The van der Waals surface area contributed by atoms with Gasteiger partial charge in [-0.2, -0.15) is 0 Å². The summed E-state index contributed by atoms with van der Waals surface area (Å²) < 4.78 is 0. The summed E-state index contributed by atoms with van der Waals surface area (Å²) in [5.41, 5.74) is 3.67. The van der Waals surface area contributed by atoms with Crippen molar-refractivity contribution in [3.63, 3.8) is 0 Å². The van der Waals surface area contributed by atoms with Crippen LogP contribution in [0.15, 0.2) is 60.7 Å². The second-order valence-corrected chi connectivity index (χ2v) is 3.85. The van der Waals surface area contributed by atoms with E-state index in [0.29, 0.717) is 5.88 Å². The van der Waals surface area contributed by atoms with E-state index in [1.807, 2.05) is 18.2 Å². The largest absolute Gasteiger partial charge is 0.122 e. The van der Waals surface area contributed by atoms with Gasteiger partial charge in [0.05, 0.1) is 0 Å². The Kier molecular flexibility index (Phi) is 3.79. The summed E-state index contributed by atoms with van der Waals surface area (Å²) in [5, 5.41) is 0. The highest BCUT2D eigenvalue weighted by Gasteiger charge is 1.95. The van der Waals surface area contributed by atoms with E-state index in [4.69, 9.17) is 11.6 Å². The third-order valence-electron chi connectivity index (χ3n) is 2.42. The average Bonchev–Trinajstić information content (AvgIpc) is 2.38. The van der Waals surface area contributed by atoms with Gasteiger partial charge in [-0.15, -0.1) is 11.6 Å². The molecule has 0 unspecified atom stereocenters. The van der Waals surface area contributed by atoms with Gasteiger partial charge in [0.25, 0.3) is 0 Å². The lowest BCUT2D eigenvalue weighted by molar-refractivity contribution is 1.59. The summed E-state index contributed by atoms with van der Waals surface area (Å²) in [6.45, 7) is 0. The average molecular weight is 229 g/mol. The van der Waals surface area contributed by atoms with Gasteiger partial charge in [0.2, 0.25) is 0 Å². The summed E-state index contributed by atoms with van der Waals surface area (Å²) >= 11 is 5.59. The van der Waals surface area contributed by atoms with E-state index in [9.17, 15) is 0 Å². The summed E-state index contributed by atoms with van der Waals surface area (Å²) in [4.78, 5) is 0.